The van der Waals surface area contributed by atoms with E-state index in [1.54, 1.807) is 0 Å². The lowest BCUT2D eigenvalue weighted by Crippen LogP contribution is -2.04. The lowest BCUT2D eigenvalue weighted by atomic mass is 9.95. The molecule has 2 aliphatic heterocycles. The molecule has 0 spiro atoms. The monoisotopic (exact) mass is 774 g/mol. The number of aryl methyl sites for hydroxylation is 2. The summed E-state index contributed by atoms with van der Waals surface area (Å²) in [5, 5.41) is 8.89. The van der Waals surface area contributed by atoms with Crippen molar-refractivity contribution in [1.82, 2.24) is 0 Å². The highest BCUT2D eigenvalue weighted by atomic mass is 32.2. The fourth-order valence-electron chi connectivity index (χ4n) is 9.44. The Labute approximate surface area is 342 Å². The van der Waals surface area contributed by atoms with Crippen LogP contribution in [0.4, 0.5) is 0 Å². The van der Waals surface area contributed by atoms with Gasteiger partial charge in [0, 0.05) is 47.7 Å². The summed E-state index contributed by atoms with van der Waals surface area (Å²) in [5.74, 6) is 0. The van der Waals surface area contributed by atoms with Gasteiger partial charge in [0.2, 0.25) is 0 Å². The molecule has 0 fully saturated rings. The lowest BCUT2D eigenvalue weighted by molar-refractivity contribution is 0.633. The molecule has 3 nitrogen and oxygen atoms in total. The van der Waals surface area contributed by atoms with Gasteiger partial charge in [-0.05, 0) is 160 Å². The molecule has 3 aromatic heterocycles. The molecule has 59 heavy (non-hydrogen) atoms. The molecule has 0 amide bonds. The van der Waals surface area contributed by atoms with Gasteiger partial charge in [-0.25, -0.2) is 0 Å². The van der Waals surface area contributed by atoms with Crippen LogP contribution in [0.15, 0.2) is 182 Å². The standard InChI is InChI=1S/C55H34O3S/c1-31-23-50-45(29-41(31)37-14-19-49-44(27-37)43-25-35(13-18-48(43)56-49)33-9-5-3-6-10-33)39-16-17-40-46-30-42(32(2)24-51(46)58-55(40)54(39)57-50)38-21-22-59-52-20-15-36(26-47(52)53(59)28-38)34-11-7-4-8-12-34/h3-30H,1-2H3. The van der Waals surface area contributed by atoms with Crippen LogP contribution in [0.1, 0.15) is 22.3 Å². The predicted octanol–water partition coefficient (Wildman–Crippen LogP) is 15.9. The van der Waals surface area contributed by atoms with Crippen molar-refractivity contribution in [1.29, 1.82) is 0 Å². The second-order valence-corrected chi connectivity index (χ2v) is 17.7. The Kier molecular flexibility index (Phi) is 6.79. The van der Waals surface area contributed by atoms with Crippen molar-refractivity contribution in [3.8, 4) is 33.4 Å². The van der Waals surface area contributed by atoms with Crippen LogP contribution in [0.2, 0.25) is 0 Å². The first-order chi connectivity index (χ1) is 29.0. The third-order valence-electron chi connectivity index (χ3n) is 12.5. The number of hydrogen-bond donors (Lipinski definition) is 0. The van der Waals surface area contributed by atoms with E-state index < -0.39 is 0 Å². The Balaban J connectivity index is 0.892. The van der Waals surface area contributed by atoms with Crippen molar-refractivity contribution in [2.45, 2.75) is 18.7 Å². The maximum Gasteiger partial charge on any atom is 0.178 e. The Morgan fingerprint density at radius 2 is 0.932 bits per heavy atom. The minimum Gasteiger partial charge on any atom is -0.456 e. The van der Waals surface area contributed by atoms with Crippen LogP contribution < -0.4 is 0 Å². The molecule has 4 heteroatoms. The normalized spacial score (nSPS) is 14.8. The van der Waals surface area contributed by atoms with E-state index in [0.29, 0.717) is 0 Å². The maximum absolute atomic E-state index is 6.69. The summed E-state index contributed by atoms with van der Waals surface area (Å²) in [7, 11) is 0.0304. The number of benzene rings is 8. The molecule has 0 N–H and O–H groups in total. The van der Waals surface area contributed by atoms with E-state index in [1.165, 1.54) is 59.9 Å². The summed E-state index contributed by atoms with van der Waals surface area (Å²) in [6.45, 7) is 4.35. The number of furan rings is 3. The van der Waals surface area contributed by atoms with Gasteiger partial charge in [-0.2, -0.15) is 0 Å². The first-order valence-corrected chi connectivity index (χ1v) is 21.4. The van der Waals surface area contributed by atoms with E-state index >= 15 is 0 Å². The van der Waals surface area contributed by atoms with Crippen molar-refractivity contribution in [3.63, 3.8) is 0 Å². The Morgan fingerprint density at radius 1 is 0.390 bits per heavy atom. The van der Waals surface area contributed by atoms with Gasteiger partial charge in [0.15, 0.2) is 11.2 Å². The summed E-state index contributed by atoms with van der Waals surface area (Å²) in [6, 6.07) is 54.4. The number of allylic oxidation sites excluding steroid dienone is 3. The van der Waals surface area contributed by atoms with Gasteiger partial charge in [0.1, 0.15) is 22.3 Å². The van der Waals surface area contributed by atoms with Crippen LogP contribution in [0.25, 0.3) is 110 Å². The van der Waals surface area contributed by atoms with Crippen LogP contribution in [0.5, 0.6) is 0 Å². The third-order valence-corrected chi connectivity index (χ3v) is 14.5. The SMILES string of the molecule is Cc1cc2oc3c(ccc4c5cc(-c6ccc7oc8ccc(-c9ccccc9)cc8c7c6)c(C)cc5oc43)c2cc1C1=CC=S2C(=C1)c1cc(-c3ccccc3)ccc12. The van der Waals surface area contributed by atoms with E-state index in [4.69, 9.17) is 13.3 Å². The number of hydrogen-bond acceptors (Lipinski definition) is 3. The summed E-state index contributed by atoms with van der Waals surface area (Å²) in [4.78, 5) is 2.85. The summed E-state index contributed by atoms with van der Waals surface area (Å²) < 4.78 is 19.7. The van der Waals surface area contributed by atoms with Crippen molar-refractivity contribution in [2.24, 2.45) is 0 Å². The zero-order valence-electron chi connectivity index (χ0n) is 32.3. The highest BCUT2D eigenvalue weighted by Crippen LogP contribution is 2.57. The summed E-state index contributed by atoms with van der Waals surface area (Å²) in [6.07, 6.45) is 4.71. The predicted molar refractivity (Wildman–Crippen MR) is 248 cm³/mol. The molecule has 0 saturated heterocycles. The molecule has 0 saturated carbocycles. The second-order valence-electron chi connectivity index (χ2n) is 15.9. The smallest absolute Gasteiger partial charge is 0.178 e. The van der Waals surface area contributed by atoms with Gasteiger partial charge in [0.25, 0.3) is 0 Å². The van der Waals surface area contributed by atoms with E-state index in [0.717, 1.165) is 76.9 Å². The number of fused-ring (bicyclic) bond motifs is 14. The number of rotatable bonds is 4. The molecule has 5 heterocycles. The topological polar surface area (TPSA) is 39.4 Å². The average Bonchev–Trinajstić information content (AvgIpc) is 3.95. The Bertz CT molecular complexity index is 3720. The fraction of sp³-hybridized carbons (Fsp3) is 0.0364. The molecule has 11 aromatic rings. The molecule has 1 atom stereocenters. The molecule has 8 aromatic carbocycles. The average molecular weight is 775 g/mol. The fourth-order valence-corrected chi connectivity index (χ4v) is 11.4. The Morgan fingerprint density at radius 3 is 1.59 bits per heavy atom. The zero-order chi connectivity index (χ0) is 38.9. The van der Waals surface area contributed by atoms with Gasteiger partial charge < -0.3 is 13.3 Å². The molecular formula is C55H34O3S. The molecule has 13 rings (SSSR count). The van der Waals surface area contributed by atoms with Crippen molar-refractivity contribution < 1.29 is 13.3 Å². The minimum absolute atomic E-state index is 0.0304. The van der Waals surface area contributed by atoms with Gasteiger partial charge in [-0.1, -0.05) is 78.9 Å². The maximum atomic E-state index is 6.69. The van der Waals surface area contributed by atoms with Gasteiger partial charge >= 0.3 is 0 Å². The first kappa shape index (κ1) is 32.9. The largest absolute Gasteiger partial charge is 0.456 e. The van der Waals surface area contributed by atoms with Gasteiger partial charge in [-0.3, -0.25) is 0 Å². The summed E-state index contributed by atoms with van der Waals surface area (Å²) >= 11 is 0. The molecule has 1 unspecified atom stereocenters. The first-order valence-electron chi connectivity index (χ1n) is 20.1. The van der Waals surface area contributed by atoms with E-state index in [-0.39, 0.29) is 10.5 Å². The Hall–Kier alpha value is -7.14. The molecule has 0 aliphatic carbocycles. The van der Waals surface area contributed by atoms with Crippen molar-refractivity contribution in [3.05, 3.63) is 186 Å². The van der Waals surface area contributed by atoms with E-state index in [2.05, 4.69) is 183 Å². The van der Waals surface area contributed by atoms with Gasteiger partial charge in [0.05, 0.1) is 0 Å². The van der Waals surface area contributed by atoms with Crippen molar-refractivity contribution >= 4 is 92.1 Å². The van der Waals surface area contributed by atoms with Crippen LogP contribution in [0.3, 0.4) is 0 Å². The molecule has 0 radical (unpaired) electrons. The molecule has 2 aliphatic rings. The van der Waals surface area contributed by atoms with Crippen LogP contribution >= 0.6 is 10.5 Å². The van der Waals surface area contributed by atoms with Crippen LogP contribution in [-0.2, 0) is 0 Å². The summed E-state index contributed by atoms with van der Waals surface area (Å²) in [5.41, 5.74) is 18.4. The van der Waals surface area contributed by atoms with Crippen LogP contribution in [0, 0.1) is 13.8 Å². The molecule has 0 bridgehead atoms. The highest BCUT2D eigenvalue weighted by Gasteiger charge is 2.28. The van der Waals surface area contributed by atoms with E-state index in [9.17, 15) is 0 Å². The second kappa shape index (κ2) is 12.2. The third kappa shape index (κ3) is 4.87. The molecular weight excluding hydrogens is 741 g/mol. The van der Waals surface area contributed by atoms with E-state index in [1.807, 2.05) is 0 Å². The quantitative estimate of drug-likeness (QED) is 0.167. The minimum atomic E-state index is 0.0304. The zero-order valence-corrected chi connectivity index (χ0v) is 33.1. The van der Waals surface area contributed by atoms with Crippen molar-refractivity contribution in [2.75, 3.05) is 0 Å². The van der Waals surface area contributed by atoms with Crippen LogP contribution in [-0.4, -0.2) is 5.37 Å². The molecule has 278 valence electrons. The van der Waals surface area contributed by atoms with Gasteiger partial charge in [-0.15, -0.1) is 10.5 Å². The highest BCUT2D eigenvalue weighted by molar-refractivity contribution is 8.24. The lowest BCUT2D eigenvalue weighted by Gasteiger charge is -2.31.